The average Bonchev–Trinajstić information content (AvgIpc) is 2.87. The molecule has 1 unspecified atom stereocenters. The van der Waals surface area contributed by atoms with Crippen LogP contribution >= 0.6 is 0 Å². The Bertz CT molecular complexity index is 476. The van der Waals surface area contributed by atoms with Gasteiger partial charge in [0.1, 0.15) is 17.5 Å². The molecule has 0 spiro atoms. The van der Waals surface area contributed by atoms with E-state index in [0.29, 0.717) is 0 Å². The molecule has 1 aromatic rings. The topological polar surface area (TPSA) is 41.0 Å². The molecule has 0 aliphatic carbocycles. The molecular formula is C17H30N4. The van der Waals surface area contributed by atoms with Crippen LogP contribution in [-0.2, 0) is 5.41 Å². The van der Waals surface area contributed by atoms with Crippen LogP contribution in [0, 0.1) is 11.8 Å². The van der Waals surface area contributed by atoms with Gasteiger partial charge in [-0.25, -0.2) is 9.97 Å². The van der Waals surface area contributed by atoms with Crippen LogP contribution in [0.1, 0.15) is 53.8 Å². The number of hydrogen-bond acceptors (Lipinski definition) is 4. The molecule has 1 aromatic heterocycles. The van der Waals surface area contributed by atoms with Crippen molar-refractivity contribution in [2.24, 2.45) is 11.8 Å². The summed E-state index contributed by atoms with van der Waals surface area (Å²) in [7, 11) is 0. The van der Waals surface area contributed by atoms with E-state index in [1.165, 1.54) is 6.42 Å². The second kappa shape index (κ2) is 6.20. The Morgan fingerprint density at radius 1 is 1.33 bits per heavy atom. The molecule has 0 radical (unpaired) electrons. The van der Waals surface area contributed by atoms with Crippen LogP contribution in [0.5, 0.6) is 0 Å². The molecule has 118 valence electrons. The molecule has 21 heavy (non-hydrogen) atoms. The van der Waals surface area contributed by atoms with Crippen molar-refractivity contribution in [2.45, 2.75) is 53.4 Å². The highest BCUT2D eigenvalue weighted by molar-refractivity contribution is 5.50. The van der Waals surface area contributed by atoms with Gasteiger partial charge in [-0.3, -0.25) is 0 Å². The van der Waals surface area contributed by atoms with Crippen molar-refractivity contribution < 1.29 is 0 Å². The number of nitrogens with zero attached hydrogens (tertiary/aromatic N) is 3. The standard InChI is InChI=1S/C17H30N4/c1-7-18-14-10-15(20-16(19-14)17(4,5)6)21-9-8-13(11-21)12(2)3/h10,12-13H,7-9,11H2,1-6H3,(H,18,19,20). The fourth-order valence-corrected chi connectivity index (χ4v) is 2.74. The summed E-state index contributed by atoms with van der Waals surface area (Å²) in [6.45, 7) is 16.3. The van der Waals surface area contributed by atoms with E-state index in [9.17, 15) is 0 Å². The zero-order chi connectivity index (χ0) is 15.6. The first-order valence-electron chi connectivity index (χ1n) is 8.19. The van der Waals surface area contributed by atoms with Crippen molar-refractivity contribution in [1.82, 2.24) is 9.97 Å². The lowest BCUT2D eigenvalue weighted by Crippen LogP contribution is -2.25. The number of anilines is 2. The normalized spacial score (nSPS) is 19.4. The van der Waals surface area contributed by atoms with E-state index in [-0.39, 0.29) is 5.41 Å². The third kappa shape index (κ3) is 3.86. The molecule has 1 N–H and O–H groups in total. The predicted molar refractivity (Wildman–Crippen MR) is 90.1 cm³/mol. The van der Waals surface area contributed by atoms with E-state index in [0.717, 1.165) is 48.9 Å². The fourth-order valence-electron chi connectivity index (χ4n) is 2.74. The predicted octanol–water partition coefficient (Wildman–Crippen LogP) is 3.69. The number of rotatable bonds is 4. The van der Waals surface area contributed by atoms with Gasteiger partial charge in [0.15, 0.2) is 0 Å². The lowest BCUT2D eigenvalue weighted by atomic mass is 9.95. The maximum absolute atomic E-state index is 4.84. The molecule has 1 atom stereocenters. The first-order valence-corrected chi connectivity index (χ1v) is 8.19. The van der Waals surface area contributed by atoms with Crippen LogP contribution in [0.4, 0.5) is 11.6 Å². The maximum atomic E-state index is 4.84. The molecule has 1 fully saturated rings. The molecular weight excluding hydrogens is 260 g/mol. The third-order valence-corrected chi connectivity index (χ3v) is 4.23. The summed E-state index contributed by atoms with van der Waals surface area (Å²) in [6.07, 6.45) is 1.27. The number of aromatic nitrogens is 2. The lowest BCUT2D eigenvalue weighted by molar-refractivity contribution is 0.422. The van der Waals surface area contributed by atoms with Gasteiger partial charge in [0.05, 0.1) is 0 Å². The molecule has 1 saturated heterocycles. The average molecular weight is 290 g/mol. The Balaban J connectivity index is 2.28. The zero-order valence-corrected chi connectivity index (χ0v) is 14.4. The summed E-state index contributed by atoms with van der Waals surface area (Å²) in [5.41, 5.74) is -0.0304. The monoisotopic (exact) mass is 290 g/mol. The Kier molecular flexibility index (Phi) is 4.74. The van der Waals surface area contributed by atoms with E-state index in [4.69, 9.17) is 4.98 Å². The number of hydrogen-bond donors (Lipinski definition) is 1. The van der Waals surface area contributed by atoms with E-state index in [2.05, 4.69) is 62.8 Å². The second-order valence-corrected chi connectivity index (χ2v) is 7.45. The van der Waals surface area contributed by atoms with Crippen LogP contribution < -0.4 is 10.2 Å². The Morgan fingerprint density at radius 2 is 2.05 bits per heavy atom. The minimum Gasteiger partial charge on any atom is -0.370 e. The van der Waals surface area contributed by atoms with Crippen molar-refractivity contribution in [3.05, 3.63) is 11.9 Å². The summed E-state index contributed by atoms with van der Waals surface area (Å²) in [6, 6.07) is 2.10. The zero-order valence-electron chi connectivity index (χ0n) is 14.4. The second-order valence-electron chi connectivity index (χ2n) is 7.45. The summed E-state index contributed by atoms with van der Waals surface area (Å²) in [5.74, 6) is 4.46. The quantitative estimate of drug-likeness (QED) is 0.918. The van der Waals surface area contributed by atoms with Crippen LogP contribution in [0.2, 0.25) is 0 Å². The van der Waals surface area contributed by atoms with E-state index in [1.54, 1.807) is 0 Å². The summed E-state index contributed by atoms with van der Waals surface area (Å²) >= 11 is 0. The van der Waals surface area contributed by atoms with Crippen molar-refractivity contribution >= 4 is 11.6 Å². The molecule has 4 heteroatoms. The highest BCUT2D eigenvalue weighted by Gasteiger charge is 2.27. The van der Waals surface area contributed by atoms with Gasteiger partial charge in [-0.2, -0.15) is 0 Å². The van der Waals surface area contributed by atoms with Crippen LogP contribution in [-0.4, -0.2) is 29.6 Å². The molecule has 0 aromatic carbocycles. The first-order chi connectivity index (χ1) is 9.81. The van der Waals surface area contributed by atoms with Crippen molar-refractivity contribution in [3.63, 3.8) is 0 Å². The SMILES string of the molecule is CCNc1cc(N2CCC(C(C)C)C2)nc(C(C)(C)C)n1. The minimum absolute atomic E-state index is 0.0304. The molecule has 0 amide bonds. The Morgan fingerprint density at radius 3 is 2.57 bits per heavy atom. The van der Waals surface area contributed by atoms with Gasteiger partial charge in [-0.1, -0.05) is 34.6 Å². The smallest absolute Gasteiger partial charge is 0.138 e. The third-order valence-electron chi connectivity index (χ3n) is 4.23. The van der Waals surface area contributed by atoms with Gasteiger partial charge in [-0.15, -0.1) is 0 Å². The highest BCUT2D eigenvalue weighted by atomic mass is 15.2. The Hall–Kier alpha value is -1.32. The summed E-state index contributed by atoms with van der Waals surface area (Å²) < 4.78 is 0. The molecule has 0 saturated carbocycles. The largest absolute Gasteiger partial charge is 0.370 e. The van der Waals surface area contributed by atoms with Crippen LogP contribution in [0.3, 0.4) is 0 Å². The fraction of sp³-hybridized carbons (Fsp3) is 0.765. The molecule has 1 aliphatic rings. The molecule has 4 nitrogen and oxygen atoms in total. The summed E-state index contributed by atoms with van der Waals surface area (Å²) in [4.78, 5) is 11.9. The van der Waals surface area contributed by atoms with Gasteiger partial charge in [0.25, 0.3) is 0 Å². The van der Waals surface area contributed by atoms with Crippen LogP contribution in [0.15, 0.2) is 6.07 Å². The maximum Gasteiger partial charge on any atom is 0.138 e. The van der Waals surface area contributed by atoms with Crippen molar-refractivity contribution in [3.8, 4) is 0 Å². The van der Waals surface area contributed by atoms with Gasteiger partial charge in [0.2, 0.25) is 0 Å². The van der Waals surface area contributed by atoms with E-state index < -0.39 is 0 Å². The van der Waals surface area contributed by atoms with Crippen molar-refractivity contribution in [1.29, 1.82) is 0 Å². The van der Waals surface area contributed by atoms with Gasteiger partial charge in [0, 0.05) is 31.1 Å². The minimum atomic E-state index is -0.0304. The Labute approximate surface area is 129 Å². The van der Waals surface area contributed by atoms with E-state index >= 15 is 0 Å². The highest BCUT2D eigenvalue weighted by Crippen LogP contribution is 2.30. The van der Waals surface area contributed by atoms with Crippen molar-refractivity contribution in [2.75, 3.05) is 29.9 Å². The molecule has 2 rings (SSSR count). The van der Waals surface area contributed by atoms with E-state index in [1.807, 2.05) is 0 Å². The molecule has 0 bridgehead atoms. The first kappa shape index (κ1) is 16.1. The van der Waals surface area contributed by atoms with Gasteiger partial charge in [-0.05, 0) is 25.2 Å². The van der Waals surface area contributed by atoms with Gasteiger partial charge >= 0.3 is 0 Å². The number of nitrogens with one attached hydrogen (secondary N) is 1. The molecule has 1 aliphatic heterocycles. The lowest BCUT2D eigenvalue weighted by Gasteiger charge is -2.23. The van der Waals surface area contributed by atoms with Gasteiger partial charge < -0.3 is 10.2 Å². The summed E-state index contributed by atoms with van der Waals surface area (Å²) in [5, 5.41) is 3.34. The molecule has 2 heterocycles. The van der Waals surface area contributed by atoms with Crippen LogP contribution in [0.25, 0.3) is 0 Å².